The number of nitrogens with zero attached hydrogens (tertiary/aromatic N) is 6. The second-order valence-electron chi connectivity index (χ2n) is 6.58. The molecule has 0 amide bonds. The average molecular weight is 352 g/mol. The Morgan fingerprint density at radius 2 is 2.08 bits per heavy atom. The maximum Gasteiger partial charge on any atom is 0.262 e. The molecule has 2 aromatic heterocycles. The van der Waals surface area contributed by atoms with Crippen LogP contribution in [0.3, 0.4) is 0 Å². The SMILES string of the molecule is Cn1cnc(S(=O)(=O)N2CCC[C@]3(C[C@@H](n4cnnc4)CO3)C2)c1. The number of ether oxygens (including phenoxy) is 1. The van der Waals surface area contributed by atoms with Gasteiger partial charge in [-0.1, -0.05) is 0 Å². The van der Waals surface area contributed by atoms with Crippen molar-refractivity contribution in [1.29, 1.82) is 0 Å². The van der Waals surface area contributed by atoms with Crippen LogP contribution >= 0.6 is 0 Å². The molecule has 4 heterocycles. The first-order valence-corrected chi connectivity index (χ1v) is 9.39. The summed E-state index contributed by atoms with van der Waals surface area (Å²) in [7, 11) is -1.83. The van der Waals surface area contributed by atoms with Crippen LogP contribution in [0.25, 0.3) is 0 Å². The van der Waals surface area contributed by atoms with E-state index in [1.807, 2.05) is 4.57 Å². The molecule has 2 atom stereocenters. The summed E-state index contributed by atoms with van der Waals surface area (Å²) in [5.74, 6) is 0. The lowest BCUT2D eigenvalue weighted by atomic mass is 9.90. The van der Waals surface area contributed by atoms with Crippen molar-refractivity contribution in [3.63, 3.8) is 0 Å². The monoisotopic (exact) mass is 352 g/mol. The first-order chi connectivity index (χ1) is 11.5. The summed E-state index contributed by atoms with van der Waals surface area (Å²) in [5, 5.41) is 7.77. The van der Waals surface area contributed by atoms with Gasteiger partial charge >= 0.3 is 0 Å². The van der Waals surface area contributed by atoms with Gasteiger partial charge in [0.25, 0.3) is 10.0 Å². The Bertz CT molecular complexity index is 817. The first kappa shape index (κ1) is 15.7. The van der Waals surface area contributed by atoms with E-state index in [4.69, 9.17) is 4.74 Å². The van der Waals surface area contributed by atoms with Crippen LogP contribution in [0.15, 0.2) is 30.2 Å². The number of aromatic nitrogens is 5. The number of aryl methyl sites for hydroxylation is 1. The van der Waals surface area contributed by atoms with Crippen LogP contribution in [0, 0.1) is 0 Å². The van der Waals surface area contributed by atoms with Crippen molar-refractivity contribution in [1.82, 2.24) is 28.6 Å². The first-order valence-electron chi connectivity index (χ1n) is 7.95. The van der Waals surface area contributed by atoms with Gasteiger partial charge in [-0.05, 0) is 12.8 Å². The predicted octanol–water partition coefficient (Wildman–Crippen LogP) is 0.196. The second-order valence-corrected chi connectivity index (χ2v) is 8.47. The molecule has 0 aromatic carbocycles. The minimum absolute atomic E-state index is 0.0930. The number of hydrogen-bond donors (Lipinski definition) is 0. The zero-order valence-electron chi connectivity index (χ0n) is 13.4. The van der Waals surface area contributed by atoms with Gasteiger partial charge in [0, 0.05) is 32.8 Å². The van der Waals surface area contributed by atoms with Crippen molar-refractivity contribution in [3.05, 3.63) is 25.2 Å². The molecule has 9 nitrogen and oxygen atoms in total. The van der Waals surface area contributed by atoms with Crippen molar-refractivity contribution in [3.8, 4) is 0 Å². The molecule has 24 heavy (non-hydrogen) atoms. The van der Waals surface area contributed by atoms with E-state index in [1.54, 1.807) is 24.3 Å². The van der Waals surface area contributed by atoms with Crippen molar-refractivity contribution >= 4 is 10.0 Å². The lowest BCUT2D eigenvalue weighted by Gasteiger charge is -2.38. The average Bonchev–Trinajstić information content (AvgIpc) is 3.28. The van der Waals surface area contributed by atoms with Crippen molar-refractivity contribution in [2.75, 3.05) is 19.7 Å². The molecule has 2 fully saturated rings. The molecular weight excluding hydrogens is 332 g/mol. The predicted molar refractivity (Wildman–Crippen MR) is 83.6 cm³/mol. The summed E-state index contributed by atoms with van der Waals surface area (Å²) in [6.07, 6.45) is 8.80. The van der Waals surface area contributed by atoms with Crippen LogP contribution in [0.2, 0.25) is 0 Å². The summed E-state index contributed by atoms with van der Waals surface area (Å²) in [6.45, 7) is 1.42. The Labute approximate surface area is 140 Å². The highest BCUT2D eigenvalue weighted by atomic mass is 32.2. The second kappa shape index (κ2) is 5.64. The van der Waals surface area contributed by atoms with Gasteiger partial charge in [0.1, 0.15) is 12.7 Å². The minimum Gasteiger partial charge on any atom is -0.371 e. The molecule has 2 aliphatic heterocycles. The van der Waals surface area contributed by atoms with E-state index in [0.717, 1.165) is 19.3 Å². The minimum atomic E-state index is -3.59. The summed E-state index contributed by atoms with van der Waals surface area (Å²) in [4.78, 5) is 4.01. The topological polar surface area (TPSA) is 95.1 Å². The normalized spacial score (nSPS) is 28.6. The molecule has 0 unspecified atom stereocenters. The molecule has 2 saturated heterocycles. The van der Waals surface area contributed by atoms with Gasteiger partial charge in [0.05, 0.1) is 24.6 Å². The molecule has 1 spiro atoms. The molecule has 2 aromatic rings. The molecule has 0 aliphatic carbocycles. The molecule has 2 aliphatic rings. The van der Waals surface area contributed by atoms with E-state index in [0.29, 0.717) is 19.7 Å². The van der Waals surface area contributed by atoms with E-state index in [-0.39, 0.29) is 11.1 Å². The molecule has 0 radical (unpaired) electrons. The Morgan fingerprint density at radius 3 is 2.79 bits per heavy atom. The maximum absolute atomic E-state index is 12.8. The molecule has 10 heteroatoms. The van der Waals surface area contributed by atoms with E-state index < -0.39 is 15.6 Å². The lowest BCUT2D eigenvalue weighted by Crippen LogP contribution is -2.50. The van der Waals surface area contributed by atoms with Crippen molar-refractivity contribution < 1.29 is 13.2 Å². The van der Waals surface area contributed by atoms with Crippen LogP contribution in [-0.4, -0.2) is 62.3 Å². The molecule has 0 saturated carbocycles. The van der Waals surface area contributed by atoms with E-state index in [1.165, 1.54) is 16.8 Å². The summed E-state index contributed by atoms with van der Waals surface area (Å²) in [5.41, 5.74) is -0.435. The number of imidazole rings is 1. The van der Waals surface area contributed by atoms with Crippen molar-refractivity contribution in [2.45, 2.75) is 35.9 Å². The molecular formula is C14H20N6O3S. The fourth-order valence-corrected chi connectivity index (χ4v) is 5.13. The highest BCUT2D eigenvalue weighted by Gasteiger charge is 2.47. The van der Waals surface area contributed by atoms with Gasteiger partial charge in [-0.3, -0.25) is 0 Å². The molecule has 4 rings (SSSR count). The molecule has 0 bridgehead atoms. The third kappa shape index (κ3) is 2.64. The Kier molecular flexibility index (Phi) is 3.70. The van der Waals surface area contributed by atoms with E-state index in [9.17, 15) is 8.42 Å². The summed E-state index contributed by atoms with van der Waals surface area (Å²) in [6, 6.07) is 0.150. The fraction of sp³-hybridized carbons (Fsp3) is 0.643. The number of hydrogen-bond acceptors (Lipinski definition) is 6. The molecule has 130 valence electrons. The van der Waals surface area contributed by atoms with Crippen LogP contribution in [-0.2, 0) is 21.8 Å². The quantitative estimate of drug-likeness (QED) is 0.783. The van der Waals surface area contributed by atoms with Crippen LogP contribution in [0.1, 0.15) is 25.3 Å². The van der Waals surface area contributed by atoms with Gasteiger partial charge in [0.15, 0.2) is 5.03 Å². The number of rotatable bonds is 3. The highest BCUT2D eigenvalue weighted by molar-refractivity contribution is 7.89. The summed E-state index contributed by atoms with van der Waals surface area (Å²) < 4.78 is 36.8. The third-order valence-electron chi connectivity index (χ3n) is 4.84. The number of sulfonamides is 1. The zero-order valence-corrected chi connectivity index (χ0v) is 14.3. The third-order valence-corrected chi connectivity index (χ3v) is 6.57. The lowest BCUT2D eigenvalue weighted by molar-refractivity contribution is -0.0332. The maximum atomic E-state index is 12.8. The van der Waals surface area contributed by atoms with Gasteiger partial charge < -0.3 is 13.9 Å². The number of piperidine rings is 1. The van der Waals surface area contributed by atoms with Crippen LogP contribution < -0.4 is 0 Å². The Morgan fingerprint density at radius 1 is 1.29 bits per heavy atom. The Balaban J connectivity index is 1.54. The highest BCUT2D eigenvalue weighted by Crippen LogP contribution is 2.40. The van der Waals surface area contributed by atoms with E-state index >= 15 is 0 Å². The largest absolute Gasteiger partial charge is 0.371 e. The van der Waals surface area contributed by atoms with Gasteiger partial charge in [0.2, 0.25) is 0 Å². The fourth-order valence-electron chi connectivity index (χ4n) is 3.61. The van der Waals surface area contributed by atoms with Crippen LogP contribution in [0.5, 0.6) is 0 Å². The Hall–Kier alpha value is -1.78. The van der Waals surface area contributed by atoms with E-state index in [2.05, 4.69) is 15.2 Å². The van der Waals surface area contributed by atoms with Gasteiger partial charge in [-0.2, -0.15) is 4.31 Å². The summed E-state index contributed by atoms with van der Waals surface area (Å²) >= 11 is 0. The molecule has 0 N–H and O–H groups in total. The van der Waals surface area contributed by atoms with Crippen molar-refractivity contribution in [2.24, 2.45) is 7.05 Å². The standard InChI is InChI=1S/C14H20N6O3S/c1-18-6-13(15-9-18)24(21,22)20-4-2-3-14(8-20)5-12(7-23-14)19-10-16-17-11-19/h6,9-12H,2-5,7-8H2,1H3/t12-,14+/m1/s1. The zero-order chi connectivity index (χ0) is 16.8. The van der Waals surface area contributed by atoms with Gasteiger partial charge in [-0.15, -0.1) is 10.2 Å². The van der Waals surface area contributed by atoms with Crippen LogP contribution in [0.4, 0.5) is 0 Å². The van der Waals surface area contributed by atoms with Gasteiger partial charge in [-0.25, -0.2) is 13.4 Å². The smallest absolute Gasteiger partial charge is 0.262 e.